The number of aliphatic hydroxyl groups is 1. The fourth-order valence-corrected chi connectivity index (χ4v) is 2.41. The molecule has 0 bridgehead atoms. The predicted octanol–water partition coefficient (Wildman–Crippen LogP) is 1.55. The van der Waals surface area contributed by atoms with Gasteiger partial charge in [-0.3, -0.25) is 0 Å². The van der Waals surface area contributed by atoms with E-state index in [4.69, 9.17) is 10.4 Å². The van der Waals surface area contributed by atoms with E-state index in [2.05, 4.69) is 16.0 Å². The average Bonchev–Trinajstić information content (AvgIpc) is 2.39. The van der Waals surface area contributed by atoms with Gasteiger partial charge in [-0.25, -0.2) is 4.98 Å². The fourth-order valence-electron chi connectivity index (χ4n) is 2.41. The number of hydrogen-bond donors (Lipinski definition) is 1. The van der Waals surface area contributed by atoms with Crippen molar-refractivity contribution in [2.24, 2.45) is 5.92 Å². The first-order valence-electron chi connectivity index (χ1n) is 6.06. The molecule has 0 aliphatic carbocycles. The van der Waals surface area contributed by atoms with E-state index in [-0.39, 0.29) is 6.61 Å². The molecule has 0 radical (unpaired) electrons. The summed E-state index contributed by atoms with van der Waals surface area (Å²) in [5.41, 5.74) is 0.636. The molecule has 4 heteroatoms. The topological polar surface area (TPSA) is 60.2 Å². The molecule has 1 fully saturated rings. The van der Waals surface area contributed by atoms with Gasteiger partial charge in [-0.1, -0.05) is 0 Å². The lowest BCUT2D eigenvalue weighted by atomic mass is 9.95. The minimum Gasteiger partial charge on any atom is -0.396 e. The van der Waals surface area contributed by atoms with Crippen molar-refractivity contribution in [3.05, 3.63) is 23.9 Å². The summed E-state index contributed by atoms with van der Waals surface area (Å²) < 4.78 is 0. The van der Waals surface area contributed by atoms with Crippen LogP contribution in [0.4, 0.5) is 5.82 Å². The van der Waals surface area contributed by atoms with E-state index in [1.54, 1.807) is 18.3 Å². The van der Waals surface area contributed by atoms with Gasteiger partial charge in [0.1, 0.15) is 11.9 Å². The van der Waals surface area contributed by atoms with Crippen LogP contribution < -0.4 is 4.90 Å². The second-order valence-electron chi connectivity index (χ2n) is 4.45. The van der Waals surface area contributed by atoms with Crippen LogP contribution in [-0.4, -0.2) is 29.8 Å². The highest BCUT2D eigenvalue weighted by Crippen LogP contribution is 2.25. The van der Waals surface area contributed by atoms with Crippen LogP contribution in [0.1, 0.15) is 24.8 Å². The molecule has 0 amide bonds. The molecule has 1 atom stereocenters. The number of aliphatic hydroxyl groups excluding tert-OH is 1. The van der Waals surface area contributed by atoms with Gasteiger partial charge in [-0.15, -0.1) is 0 Å². The molecule has 1 aromatic heterocycles. The fraction of sp³-hybridized carbons (Fsp3) is 0.538. The van der Waals surface area contributed by atoms with E-state index in [0.717, 1.165) is 38.2 Å². The Morgan fingerprint density at radius 3 is 3.24 bits per heavy atom. The van der Waals surface area contributed by atoms with Crippen molar-refractivity contribution in [3.8, 4) is 6.07 Å². The van der Waals surface area contributed by atoms with Crippen LogP contribution in [0.3, 0.4) is 0 Å². The van der Waals surface area contributed by atoms with Crippen LogP contribution in [-0.2, 0) is 0 Å². The Labute approximate surface area is 102 Å². The molecular formula is C13H17N3O. The van der Waals surface area contributed by atoms with Crippen molar-refractivity contribution in [2.75, 3.05) is 24.6 Å². The van der Waals surface area contributed by atoms with Gasteiger partial charge >= 0.3 is 0 Å². The number of nitrogens with zero attached hydrogens (tertiary/aromatic N) is 3. The minimum atomic E-state index is 0.242. The van der Waals surface area contributed by atoms with Crippen LogP contribution in [0.15, 0.2) is 18.3 Å². The highest BCUT2D eigenvalue weighted by atomic mass is 16.3. The lowest BCUT2D eigenvalue weighted by molar-refractivity contribution is 0.244. The largest absolute Gasteiger partial charge is 0.396 e. The van der Waals surface area contributed by atoms with Gasteiger partial charge in [0, 0.05) is 25.9 Å². The molecule has 2 rings (SSSR count). The van der Waals surface area contributed by atoms with E-state index < -0.39 is 0 Å². The lowest BCUT2D eigenvalue weighted by Gasteiger charge is -2.33. The zero-order chi connectivity index (χ0) is 12.1. The molecule has 0 aromatic carbocycles. The molecule has 1 N–H and O–H groups in total. The zero-order valence-electron chi connectivity index (χ0n) is 9.84. The number of rotatable bonds is 3. The Bertz CT molecular complexity index is 411. The first kappa shape index (κ1) is 11.9. The van der Waals surface area contributed by atoms with Crippen LogP contribution >= 0.6 is 0 Å². The summed E-state index contributed by atoms with van der Waals surface area (Å²) in [6.07, 6.45) is 4.83. The molecule has 17 heavy (non-hydrogen) atoms. The van der Waals surface area contributed by atoms with Crippen molar-refractivity contribution in [2.45, 2.75) is 19.3 Å². The summed E-state index contributed by atoms with van der Waals surface area (Å²) in [6, 6.07) is 5.78. The first-order valence-corrected chi connectivity index (χ1v) is 6.06. The van der Waals surface area contributed by atoms with Gasteiger partial charge in [0.05, 0.1) is 5.56 Å². The van der Waals surface area contributed by atoms with E-state index in [1.807, 2.05) is 0 Å². The minimum absolute atomic E-state index is 0.242. The van der Waals surface area contributed by atoms with Crippen LogP contribution in [0.2, 0.25) is 0 Å². The standard InChI is InChI=1S/C13H17N3O/c14-9-12-4-1-6-15-13(12)16-7-2-3-11(10-16)5-8-17/h1,4,6,11,17H,2-3,5,7-8,10H2. The highest BCUT2D eigenvalue weighted by molar-refractivity contribution is 5.53. The second kappa shape index (κ2) is 5.65. The average molecular weight is 231 g/mol. The van der Waals surface area contributed by atoms with Gasteiger partial charge in [0.2, 0.25) is 0 Å². The number of hydrogen-bond acceptors (Lipinski definition) is 4. The number of piperidine rings is 1. The van der Waals surface area contributed by atoms with Crippen molar-refractivity contribution >= 4 is 5.82 Å². The van der Waals surface area contributed by atoms with Gasteiger partial charge in [-0.05, 0) is 37.3 Å². The van der Waals surface area contributed by atoms with Crippen molar-refractivity contribution in [3.63, 3.8) is 0 Å². The summed E-state index contributed by atoms with van der Waals surface area (Å²) >= 11 is 0. The molecular weight excluding hydrogens is 214 g/mol. The highest BCUT2D eigenvalue weighted by Gasteiger charge is 2.22. The summed E-state index contributed by atoms with van der Waals surface area (Å²) in [7, 11) is 0. The molecule has 90 valence electrons. The maximum atomic E-state index is 9.06. The summed E-state index contributed by atoms with van der Waals surface area (Å²) in [4.78, 5) is 6.48. The Kier molecular flexibility index (Phi) is 3.94. The summed E-state index contributed by atoms with van der Waals surface area (Å²) in [5, 5.41) is 18.1. The Morgan fingerprint density at radius 1 is 1.59 bits per heavy atom. The summed E-state index contributed by atoms with van der Waals surface area (Å²) in [6.45, 7) is 2.09. The zero-order valence-corrected chi connectivity index (χ0v) is 9.84. The van der Waals surface area contributed by atoms with Crippen LogP contribution in [0.25, 0.3) is 0 Å². The summed E-state index contributed by atoms with van der Waals surface area (Å²) in [5.74, 6) is 1.31. The predicted molar refractivity (Wildman–Crippen MR) is 65.6 cm³/mol. The number of nitriles is 1. The normalized spacial score (nSPS) is 20.0. The third kappa shape index (κ3) is 2.75. The van der Waals surface area contributed by atoms with E-state index in [9.17, 15) is 0 Å². The van der Waals surface area contributed by atoms with Gasteiger partial charge < -0.3 is 10.0 Å². The number of aromatic nitrogens is 1. The molecule has 1 saturated heterocycles. The molecule has 1 aliphatic rings. The molecule has 2 heterocycles. The van der Waals surface area contributed by atoms with Gasteiger partial charge in [0.15, 0.2) is 0 Å². The Morgan fingerprint density at radius 2 is 2.47 bits per heavy atom. The quantitative estimate of drug-likeness (QED) is 0.857. The SMILES string of the molecule is N#Cc1cccnc1N1CCCC(CCO)C1. The second-order valence-corrected chi connectivity index (χ2v) is 4.45. The third-order valence-corrected chi connectivity index (χ3v) is 3.26. The van der Waals surface area contributed by atoms with E-state index in [1.165, 1.54) is 0 Å². The van der Waals surface area contributed by atoms with Crippen molar-refractivity contribution in [1.29, 1.82) is 5.26 Å². The molecule has 1 unspecified atom stereocenters. The number of anilines is 1. The molecule has 1 aromatic rings. The smallest absolute Gasteiger partial charge is 0.146 e. The molecule has 4 nitrogen and oxygen atoms in total. The monoisotopic (exact) mass is 231 g/mol. The maximum Gasteiger partial charge on any atom is 0.146 e. The molecule has 1 aliphatic heterocycles. The Hall–Kier alpha value is -1.60. The van der Waals surface area contributed by atoms with E-state index in [0.29, 0.717) is 11.5 Å². The Balaban J connectivity index is 2.14. The lowest BCUT2D eigenvalue weighted by Crippen LogP contribution is -2.36. The van der Waals surface area contributed by atoms with Crippen molar-refractivity contribution in [1.82, 2.24) is 4.98 Å². The van der Waals surface area contributed by atoms with Crippen molar-refractivity contribution < 1.29 is 5.11 Å². The number of pyridine rings is 1. The van der Waals surface area contributed by atoms with Crippen LogP contribution in [0, 0.1) is 17.2 Å². The molecule has 0 saturated carbocycles. The maximum absolute atomic E-state index is 9.06. The van der Waals surface area contributed by atoms with E-state index >= 15 is 0 Å². The van der Waals surface area contributed by atoms with Gasteiger partial charge in [-0.2, -0.15) is 5.26 Å². The van der Waals surface area contributed by atoms with Gasteiger partial charge in [0.25, 0.3) is 0 Å². The van der Waals surface area contributed by atoms with Crippen LogP contribution in [0.5, 0.6) is 0 Å². The first-order chi connectivity index (χ1) is 8.35. The molecule has 0 spiro atoms. The third-order valence-electron chi connectivity index (χ3n) is 3.26.